The average molecular weight is 417 g/mol. The first-order valence-electron chi connectivity index (χ1n) is 9.93. The Morgan fingerprint density at radius 2 is 1.58 bits per heavy atom. The van der Waals surface area contributed by atoms with Gasteiger partial charge in [-0.15, -0.1) is 0 Å². The van der Waals surface area contributed by atoms with Gasteiger partial charge in [0.15, 0.2) is 11.5 Å². The second-order valence-corrected chi connectivity index (χ2v) is 8.27. The maximum Gasteiger partial charge on any atom is 0.323 e. The zero-order chi connectivity index (χ0) is 22.0. The summed E-state index contributed by atoms with van der Waals surface area (Å²) in [6.07, 6.45) is 1.72. The summed E-state index contributed by atoms with van der Waals surface area (Å²) in [6.45, 7) is 6.43. The van der Waals surface area contributed by atoms with Crippen LogP contribution in [0.5, 0.6) is 17.2 Å². The lowest BCUT2D eigenvalue weighted by Gasteiger charge is -2.19. The Balaban J connectivity index is 1.36. The summed E-state index contributed by atoms with van der Waals surface area (Å²) in [7, 11) is 0. The minimum Gasteiger partial charge on any atom is -0.453 e. The van der Waals surface area contributed by atoms with Crippen molar-refractivity contribution in [1.29, 1.82) is 0 Å². The van der Waals surface area contributed by atoms with Gasteiger partial charge in [-0.1, -0.05) is 32.9 Å². The van der Waals surface area contributed by atoms with Gasteiger partial charge < -0.3 is 20.1 Å². The van der Waals surface area contributed by atoms with Crippen LogP contribution in [0.4, 0.5) is 16.2 Å². The summed E-state index contributed by atoms with van der Waals surface area (Å²) in [5.74, 6) is 0.969. The minimum atomic E-state index is -0.350. The molecule has 2 N–H and O–H groups in total. The van der Waals surface area contributed by atoms with Crippen LogP contribution in [0, 0.1) is 0 Å². The van der Waals surface area contributed by atoms with Crippen molar-refractivity contribution in [2.24, 2.45) is 0 Å². The predicted molar refractivity (Wildman–Crippen MR) is 118 cm³/mol. The first-order valence-corrected chi connectivity index (χ1v) is 9.93. The molecule has 0 atom stereocenters. The van der Waals surface area contributed by atoms with Crippen LogP contribution in [0.2, 0.25) is 0 Å². The number of carbonyl (C=O) groups excluding carboxylic acids is 2. The highest BCUT2D eigenvalue weighted by Gasteiger charge is 2.25. The maximum absolute atomic E-state index is 12.3. The number of esters is 1. The quantitative estimate of drug-likeness (QED) is 0.564. The van der Waals surface area contributed by atoms with E-state index in [0.717, 1.165) is 0 Å². The first kappa shape index (κ1) is 20.4. The number of hydrogen-bond donors (Lipinski definition) is 2. The SMILES string of the molecule is CC(C)(C)c1ccc(NC(=O)Nc2ccc(Oc3ccnc4c3OC(=O)C4)cc2)cc1. The predicted octanol–water partition coefficient (Wildman–Crippen LogP) is 5.28. The van der Waals surface area contributed by atoms with E-state index in [2.05, 4.69) is 36.4 Å². The Labute approximate surface area is 180 Å². The molecular formula is C24H23N3O4. The molecule has 0 unspecified atom stereocenters. The number of nitrogens with one attached hydrogen (secondary N) is 2. The Kier molecular flexibility index (Phi) is 5.33. The molecule has 0 bridgehead atoms. The molecule has 0 aliphatic carbocycles. The van der Waals surface area contributed by atoms with Gasteiger partial charge in [-0.05, 0) is 47.4 Å². The number of hydrogen-bond acceptors (Lipinski definition) is 5. The number of fused-ring (bicyclic) bond motifs is 1. The molecule has 2 amide bonds. The molecule has 4 rings (SSSR count). The largest absolute Gasteiger partial charge is 0.453 e. The molecule has 7 nitrogen and oxygen atoms in total. The smallest absolute Gasteiger partial charge is 0.323 e. The van der Waals surface area contributed by atoms with E-state index >= 15 is 0 Å². The third kappa shape index (κ3) is 4.83. The zero-order valence-corrected chi connectivity index (χ0v) is 17.6. The molecule has 0 saturated heterocycles. The van der Waals surface area contributed by atoms with E-state index in [0.29, 0.717) is 34.3 Å². The molecule has 31 heavy (non-hydrogen) atoms. The second kappa shape index (κ2) is 8.10. The number of rotatable bonds is 4. The van der Waals surface area contributed by atoms with Crippen molar-refractivity contribution < 1.29 is 19.1 Å². The van der Waals surface area contributed by atoms with Gasteiger partial charge in [0, 0.05) is 23.6 Å². The van der Waals surface area contributed by atoms with Crippen LogP contribution < -0.4 is 20.1 Å². The number of ether oxygens (including phenoxy) is 2. The lowest BCUT2D eigenvalue weighted by molar-refractivity contribution is -0.131. The van der Waals surface area contributed by atoms with Gasteiger partial charge in [0.25, 0.3) is 0 Å². The Bertz CT molecular complexity index is 1120. The van der Waals surface area contributed by atoms with Gasteiger partial charge in [-0.3, -0.25) is 9.78 Å². The van der Waals surface area contributed by atoms with Crippen LogP contribution in [-0.2, 0) is 16.6 Å². The molecule has 1 aromatic heterocycles. The van der Waals surface area contributed by atoms with Gasteiger partial charge in [-0.25, -0.2) is 4.79 Å². The molecule has 2 heterocycles. The van der Waals surface area contributed by atoms with Gasteiger partial charge >= 0.3 is 12.0 Å². The minimum absolute atomic E-state index is 0.0581. The molecule has 0 fully saturated rings. The summed E-state index contributed by atoms with van der Waals surface area (Å²) in [6, 6.07) is 16.0. The molecule has 7 heteroatoms. The fourth-order valence-electron chi connectivity index (χ4n) is 3.15. The lowest BCUT2D eigenvalue weighted by atomic mass is 9.87. The zero-order valence-electron chi connectivity index (χ0n) is 17.6. The highest BCUT2D eigenvalue weighted by atomic mass is 16.6. The van der Waals surface area contributed by atoms with Crippen molar-refractivity contribution in [2.45, 2.75) is 32.6 Å². The molecular weight excluding hydrogens is 394 g/mol. The fourth-order valence-corrected chi connectivity index (χ4v) is 3.15. The molecule has 1 aliphatic rings. The van der Waals surface area contributed by atoms with E-state index < -0.39 is 0 Å². The summed E-state index contributed by atoms with van der Waals surface area (Å²) >= 11 is 0. The standard InChI is InChI=1S/C24H23N3O4/c1-24(2,3)15-4-6-16(7-5-15)26-23(29)27-17-8-10-18(11-9-17)30-20-12-13-25-19-14-21(28)31-22(19)20/h4-13H,14H2,1-3H3,(H2,26,27,29). The topological polar surface area (TPSA) is 89.6 Å². The van der Waals surface area contributed by atoms with Gasteiger partial charge in [0.05, 0.1) is 12.1 Å². The molecule has 0 radical (unpaired) electrons. The fraction of sp³-hybridized carbons (Fsp3) is 0.208. The number of benzene rings is 2. The van der Waals surface area contributed by atoms with Crippen LogP contribution in [0.15, 0.2) is 60.8 Å². The lowest BCUT2D eigenvalue weighted by Crippen LogP contribution is -2.19. The highest BCUT2D eigenvalue weighted by molar-refractivity contribution is 5.99. The molecule has 158 valence electrons. The number of carbonyl (C=O) groups is 2. The van der Waals surface area contributed by atoms with Crippen molar-refractivity contribution in [3.63, 3.8) is 0 Å². The van der Waals surface area contributed by atoms with E-state index in [4.69, 9.17) is 9.47 Å². The van der Waals surface area contributed by atoms with Crippen LogP contribution in [0.1, 0.15) is 32.0 Å². The molecule has 1 aliphatic heterocycles. The monoisotopic (exact) mass is 417 g/mol. The van der Waals surface area contributed by atoms with Crippen molar-refractivity contribution in [3.05, 3.63) is 72.1 Å². The Hall–Kier alpha value is -3.87. The van der Waals surface area contributed by atoms with E-state index in [1.807, 2.05) is 24.3 Å². The first-order chi connectivity index (χ1) is 14.8. The van der Waals surface area contributed by atoms with E-state index in [9.17, 15) is 9.59 Å². The van der Waals surface area contributed by atoms with Crippen LogP contribution >= 0.6 is 0 Å². The third-order valence-corrected chi connectivity index (χ3v) is 4.82. The average Bonchev–Trinajstić information content (AvgIpc) is 3.10. The van der Waals surface area contributed by atoms with Crippen molar-refractivity contribution in [1.82, 2.24) is 4.98 Å². The van der Waals surface area contributed by atoms with Crippen LogP contribution in [0.25, 0.3) is 0 Å². The van der Waals surface area contributed by atoms with E-state index in [1.54, 1.807) is 36.5 Å². The second-order valence-electron chi connectivity index (χ2n) is 8.27. The third-order valence-electron chi connectivity index (χ3n) is 4.82. The van der Waals surface area contributed by atoms with E-state index in [-0.39, 0.29) is 23.8 Å². The maximum atomic E-state index is 12.3. The normalized spacial score (nSPS) is 12.7. The summed E-state index contributed by atoms with van der Waals surface area (Å²) < 4.78 is 11.0. The number of aromatic nitrogens is 1. The number of urea groups is 1. The molecule has 0 saturated carbocycles. The van der Waals surface area contributed by atoms with Gasteiger partial charge in [0.2, 0.25) is 0 Å². The number of nitrogens with zero attached hydrogens (tertiary/aromatic N) is 1. The van der Waals surface area contributed by atoms with Crippen LogP contribution in [-0.4, -0.2) is 17.0 Å². The Morgan fingerprint density at radius 1 is 0.968 bits per heavy atom. The summed E-state index contributed by atoms with van der Waals surface area (Å²) in [5, 5.41) is 5.61. The van der Waals surface area contributed by atoms with Gasteiger partial charge in [0.1, 0.15) is 5.75 Å². The summed E-state index contributed by atoms with van der Waals surface area (Å²) in [5.41, 5.74) is 3.15. The number of pyridine rings is 1. The highest BCUT2D eigenvalue weighted by Crippen LogP contribution is 2.37. The summed E-state index contributed by atoms with van der Waals surface area (Å²) in [4.78, 5) is 27.9. The molecule has 3 aromatic rings. The van der Waals surface area contributed by atoms with Crippen LogP contribution in [0.3, 0.4) is 0 Å². The number of amides is 2. The Morgan fingerprint density at radius 3 is 2.19 bits per heavy atom. The van der Waals surface area contributed by atoms with Gasteiger partial charge in [-0.2, -0.15) is 0 Å². The van der Waals surface area contributed by atoms with Crippen molar-refractivity contribution in [3.8, 4) is 17.2 Å². The van der Waals surface area contributed by atoms with E-state index in [1.165, 1.54) is 5.56 Å². The van der Waals surface area contributed by atoms with Crippen molar-refractivity contribution in [2.75, 3.05) is 10.6 Å². The van der Waals surface area contributed by atoms with Crippen molar-refractivity contribution >= 4 is 23.4 Å². The molecule has 2 aromatic carbocycles. The number of anilines is 2. The molecule has 0 spiro atoms.